The van der Waals surface area contributed by atoms with Gasteiger partial charge in [-0.05, 0) is 6.42 Å². The van der Waals surface area contributed by atoms with Gasteiger partial charge in [0.2, 0.25) is 0 Å². The van der Waals surface area contributed by atoms with E-state index >= 15 is 0 Å². The van der Waals surface area contributed by atoms with Crippen LogP contribution in [0.15, 0.2) is 12.2 Å². The second-order valence-corrected chi connectivity index (χ2v) is 1.91. The maximum absolute atomic E-state index is 10.1. The van der Waals surface area contributed by atoms with Gasteiger partial charge in [-0.25, -0.2) is 10.1 Å². The second-order valence-electron chi connectivity index (χ2n) is 1.91. The summed E-state index contributed by atoms with van der Waals surface area (Å²) in [6, 6.07) is 0. The van der Waals surface area contributed by atoms with Crippen molar-refractivity contribution in [1.29, 1.82) is 0 Å². The average molecular weight is 128 g/mol. The molecule has 4 nitrogen and oxygen atoms in total. The fraction of sp³-hybridized carbons (Fsp3) is 0.600. The van der Waals surface area contributed by atoms with Gasteiger partial charge >= 0.3 is 0 Å². The van der Waals surface area contributed by atoms with Crippen molar-refractivity contribution in [3.05, 3.63) is 22.3 Å². The van der Waals surface area contributed by atoms with Gasteiger partial charge in [0, 0.05) is 0 Å². The zero-order valence-corrected chi connectivity index (χ0v) is 4.99. The quantitative estimate of drug-likeness (QED) is 0.292. The highest BCUT2D eigenvalue weighted by molar-refractivity contribution is 4.88. The molecule has 0 bridgehead atoms. The lowest BCUT2D eigenvalue weighted by Crippen LogP contribution is -2.32. The maximum atomic E-state index is 10.1. The lowest BCUT2D eigenvalue weighted by molar-refractivity contribution is -0.653. The summed E-state index contributed by atoms with van der Waals surface area (Å²) in [5, 5.41) is 10.9. The molecule has 0 saturated carbocycles. The third kappa shape index (κ3) is 1.42. The monoisotopic (exact) mass is 128 g/mol. The van der Waals surface area contributed by atoms with Crippen LogP contribution in [0.4, 0.5) is 0 Å². The number of nitrogens with zero attached hydrogens (tertiary/aromatic N) is 2. The van der Waals surface area contributed by atoms with Crippen molar-refractivity contribution in [2.45, 2.75) is 6.42 Å². The summed E-state index contributed by atoms with van der Waals surface area (Å²) in [6.45, 7) is 0.997. The van der Waals surface area contributed by atoms with E-state index in [1.807, 2.05) is 12.2 Å². The van der Waals surface area contributed by atoms with E-state index in [9.17, 15) is 10.1 Å². The summed E-state index contributed by atoms with van der Waals surface area (Å²) in [5.41, 5.74) is 0. The van der Waals surface area contributed by atoms with Gasteiger partial charge in [-0.2, -0.15) is 0 Å². The molecule has 1 aliphatic rings. The Bertz CT molecular complexity index is 144. The molecule has 0 spiro atoms. The molecule has 1 heterocycles. The first-order chi connectivity index (χ1) is 4.30. The Morgan fingerprint density at radius 2 is 2.33 bits per heavy atom. The Labute approximate surface area is 52.9 Å². The summed E-state index contributed by atoms with van der Waals surface area (Å²) in [6.07, 6.45) is 4.56. The molecule has 50 valence electrons. The molecule has 1 aliphatic heterocycles. The van der Waals surface area contributed by atoms with Crippen molar-refractivity contribution in [2.24, 2.45) is 0 Å². The molecule has 0 radical (unpaired) electrons. The Kier molecular flexibility index (Phi) is 1.67. The van der Waals surface area contributed by atoms with E-state index in [-0.39, 0.29) is 5.03 Å². The number of hydrogen-bond donors (Lipinski definition) is 0. The Hall–Kier alpha value is -1.06. The second kappa shape index (κ2) is 2.48. The highest BCUT2D eigenvalue weighted by Crippen LogP contribution is 1.99. The molecule has 0 saturated heterocycles. The molecule has 0 amide bonds. The van der Waals surface area contributed by atoms with Gasteiger partial charge in [0.15, 0.2) is 5.03 Å². The highest BCUT2D eigenvalue weighted by Gasteiger charge is 2.12. The fourth-order valence-corrected chi connectivity index (χ4v) is 0.777. The first-order valence-electron chi connectivity index (χ1n) is 2.85. The summed E-state index contributed by atoms with van der Waals surface area (Å²) in [7, 11) is 0. The Balaban J connectivity index is 2.44. The van der Waals surface area contributed by atoms with Gasteiger partial charge < -0.3 is 0 Å². The van der Waals surface area contributed by atoms with Crippen LogP contribution in [0.25, 0.3) is 0 Å². The van der Waals surface area contributed by atoms with Crippen LogP contribution in [-0.2, 0) is 0 Å². The largest absolute Gasteiger partial charge is 0.235 e. The molecule has 0 atom stereocenters. The minimum Gasteiger partial charge on any atom is -0.235 e. The van der Waals surface area contributed by atoms with Crippen LogP contribution < -0.4 is 0 Å². The van der Waals surface area contributed by atoms with Crippen LogP contribution in [0.3, 0.4) is 0 Å². The number of rotatable bonds is 1. The fourth-order valence-electron chi connectivity index (χ4n) is 0.777. The standard InChI is InChI=1S/C5H8N2O2/c8-7(9)6-4-2-1-3-5-6/h1-2H,3-5H2. The third-order valence-corrected chi connectivity index (χ3v) is 1.27. The van der Waals surface area contributed by atoms with Crippen molar-refractivity contribution in [3.8, 4) is 0 Å². The SMILES string of the molecule is O=[N+]([O-])N1CC=CCC1. The topological polar surface area (TPSA) is 46.4 Å². The van der Waals surface area contributed by atoms with E-state index in [4.69, 9.17) is 0 Å². The highest BCUT2D eigenvalue weighted by atomic mass is 16.7. The van der Waals surface area contributed by atoms with Crippen LogP contribution in [0, 0.1) is 10.1 Å². The molecule has 1 rings (SSSR count). The van der Waals surface area contributed by atoms with Crippen LogP contribution in [0.2, 0.25) is 0 Å². The van der Waals surface area contributed by atoms with Crippen molar-refractivity contribution in [1.82, 2.24) is 5.01 Å². The van der Waals surface area contributed by atoms with E-state index in [1.165, 1.54) is 5.01 Å². The van der Waals surface area contributed by atoms with Crippen LogP contribution in [-0.4, -0.2) is 23.1 Å². The molecule has 0 aromatic heterocycles. The molecule has 4 heteroatoms. The molecule has 0 unspecified atom stereocenters. The van der Waals surface area contributed by atoms with Crippen LogP contribution in [0.5, 0.6) is 0 Å². The van der Waals surface area contributed by atoms with Gasteiger partial charge in [-0.15, -0.1) is 5.01 Å². The predicted molar refractivity (Wildman–Crippen MR) is 32.3 cm³/mol. The van der Waals surface area contributed by atoms with Gasteiger partial charge in [-0.1, -0.05) is 12.2 Å². The summed E-state index contributed by atoms with van der Waals surface area (Å²) in [5.74, 6) is 0. The minimum absolute atomic E-state index is 0.358. The zero-order chi connectivity index (χ0) is 6.69. The maximum Gasteiger partial charge on any atom is 0.160 e. The molecular formula is C5H8N2O2. The third-order valence-electron chi connectivity index (χ3n) is 1.27. The predicted octanol–water partition coefficient (Wildman–Crippen LogP) is 0.440. The smallest absolute Gasteiger partial charge is 0.160 e. The lowest BCUT2D eigenvalue weighted by atomic mass is 10.3. The molecule has 9 heavy (non-hydrogen) atoms. The van der Waals surface area contributed by atoms with Gasteiger partial charge in [0.1, 0.15) is 0 Å². The molecule has 0 aromatic carbocycles. The van der Waals surface area contributed by atoms with E-state index in [2.05, 4.69) is 0 Å². The Morgan fingerprint density at radius 1 is 1.56 bits per heavy atom. The molecular weight excluding hydrogens is 120 g/mol. The molecule has 0 N–H and O–H groups in total. The summed E-state index contributed by atoms with van der Waals surface area (Å²) < 4.78 is 0. The van der Waals surface area contributed by atoms with Crippen molar-refractivity contribution < 1.29 is 5.03 Å². The molecule has 0 aliphatic carbocycles. The molecule has 0 aromatic rings. The average Bonchev–Trinajstić information content (AvgIpc) is 1.90. The van der Waals surface area contributed by atoms with Crippen molar-refractivity contribution in [2.75, 3.05) is 13.1 Å². The van der Waals surface area contributed by atoms with Gasteiger partial charge in [-0.3, -0.25) is 0 Å². The van der Waals surface area contributed by atoms with E-state index in [1.54, 1.807) is 0 Å². The molecule has 0 fully saturated rings. The van der Waals surface area contributed by atoms with Gasteiger partial charge in [0.25, 0.3) is 0 Å². The minimum atomic E-state index is -0.358. The normalized spacial score (nSPS) is 18.0. The van der Waals surface area contributed by atoms with E-state index in [0.29, 0.717) is 13.1 Å². The van der Waals surface area contributed by atoms with Crippen molar-refractivity contribution in [3.63, 3.8) is 0 Å². The van der Waals surface area contributed by atoms with Gasteiger partial charge in [0.05, 0.1) is 13.1 Å². The van der Waals surface area contributed by atoms with Crippen LogP contribution in [0.1, 0.15) is 6.42 Å². The first-order valence-corrected chi connectivity index (χ1v) is 2.85. The number of hydrogen-bond acceptors (Lipinski definition) is 2. The zero-order valence-electron chi connectivity index (χ0n) is 4.99. The first kappa shape index (κ1) is 6.07. The number of hydrazine groups is 1. The van der Waals surface area contributed by atoms with E-state index < -0.39 is 0 Å². The van der Waals surface area contributed by atoms with Crippen molar-refractivity contribution >= 4 is 0 Å². The number of nitro groups is 1. The summed E-state index contributed by atoms with van der Waals surface area (Å²) >= 11 is 0. The lowest BCUT2D eigenvalue weighted by Gasteiger charge is -2.13. The van der Waals surface area contributed by atoms with Crippen LogP contribution >= 0.6 is 0 Å². The Morgan fingerprint density at radius 3 is 2.67 bits per heavy atom. The summed E-state index contributed by atoms with van der Waals surface area (Å²) in [4.78, 5) is 10.1. The van der Waals surface area contributed by atoms with E-state index in [0.717, 1.165) is 6.42 Å².